The number of rotatable bonds is 6. The molecule has 29 heavy (non-hydrogen) atoms. The Hall–Kier alpha value is -1.80. The van der Waals surface area contributed by atoms with E-state index in [-0.39, 0.29) is 0 Å². The predicted octanol–water partition coefficient (Wildman–Crippen LogP) is 4.59. The summed E-state index contributed by atoms with van der Waals surface area (Å²) in [7, 11) is 0.435. The third-order valence-corrected chi connectivity index (χ3v) is 8.75. The number of nitrogens with one attached hydrogen (secondary N) is 1. The van der Waals surface area contributed by atoms with Crippen LogP contribution in [0.25, 0.3) is 10.1 Å². The van der Waals surface area contributed by atoms with E-state index in [4.69, 9.17) is 11.6 Å². The molecular weight excluding hydrogens is 426 g/mol. The summed E-state index contributed by atoms with van der Waals surface area (Å²) in [6.45, 7) is 4.68. The molecule has 0 aliphatic carbocycles. The zero-order valence-electron chi connectivity index (χ0n) is 16.7. The topological polar surface area (TPSA) is 52.7 Å². The molecule has 0 radical (unpaired) electrons. The van der Waals surface area contributed by atoms with Crippen molar-refractivity contribution < 1.29 is 8.42 Å². The van der Waals surface area contributed by atoms with Gasteiger partial charge in [0.2, 0.25) is 0 Å². The van der Waals surface area contributed by atoms with Gasteiger partial charge in [-0.2, -0.15) is 0 Å². The fourth-order valence-electron chi connectivity index (χ4n) is 3.69. The summed E-state index contributed by atoms with van der Waals surface area (Å²) in [6, 6.07) is 11.3. The third kappa shape index (κ3) is 4.10. The van der Waals surface area contributed by atoms with Crippen LogP contribution in [0.5, 0.6) is 0 Å². The normalized spacial score (nSPS) is 14.0. The Kier molecular flexibility index (Phi) is 5.50. The van der Waals surface area contributed by atoms with Crippen molar-refractivity contribution >= 4 is 54.4 Å². The molecule has 1 N–H and O–H groups in total. The second-order valence-corrected chi connectivity index (χ2v) is 11.0. The van der Waals surface area contributed by atoms with Crippen LogP contribution in [0.1, 0.15) is 11.1 Å². The smallest absolute Gasteiger partial charge is 0.271 e. The summed E-state index contributed by atoms with van der Waals surface area (Å²) >= 11 is 7.36. The molecule has 2 aromatic carbocycles. The predicted molar refractivity (Wildman–Crippen MR) is 123 cm³/mol. The molecule has 8 heteroatoms. The van der Waals surface area contributed by atoms with E-state index in [1.165, 1.54) is 16.9 Å². The number of thiophene rings is 1. The number of hydrogen-bond acceptors (Lipinski definition) is 5. The first-order valence-corrected chi connectivity index (χ1v) is 12.2. The van der Waals surface area contributed by atoms with Crippen LogP contribution >= 0.6 is 22.9 Å². The lowest BCUT2D eigenvalue weighted by atomic mass is 10.1. The van der Waals surface area contributed by atoms with Gasteiger partial charge < -0.3 is 9.80 Å². The van der Waals surface area contributed by atoms with Gasteiger partial charge in [0.05, 0.1) is 5.69 Å². The summed E-state index contributed by atoms with van der Waals surface area (Å²) < 4.78 is 30.3. The van der Waals surface area contributed by atoms with Crippen LogP contribution in [0.2, 0.25) is 5.02 Å². The Labute approximate surface area is 180 Å². The minimum Gasteiger partial charge on any atom is -0.370 e. The summed E-state index contributed by atoms with van der Waals surface area (Å²) in [4.78, 5) is 4.47. The second kappa shape index (κ2) is 7.80. The SMILES string of the molecule is Cc1c(S(=O)(=O)Nc2ccc3c(c2)N(CCN(C)C)CC3)sc2ccc(Cl)cc12. The second-order valence-electron chi connectivity index (χ2n) is 7.64. The van der Waals surface area contributed by atoms with E-state index >= 15 is 0 Å². The van der Waals surface area contributed by atoms with E-state index in [2.05, 4.69) is 28.6 Å². The number of aryl methyl sites for hydroxylation is 1. The van der Waals surface area contributed by atoms with Crippen molar-refractivity contribution in [1.29, 1.82) is 0 Å². The van der Waals surface area contributed by atoms with Gasteiger partial charge in [0.15, 0.2) is 0 Å². The lowest BCUT2D eigenvalue weighted by Crippen LogP contribution is -2.30. The van der Waals surface area contributed by atoms with Crippen LogP contribution in [0, 0.1) is 6.92 Å². The van der Waals surface area contributed by atoms with Gasteiger partial charge in [0, 0.05) is 35.0 Å². The molecule has 1 aliphatic rings. The third-order valence-electron chi connectivity index (χ3n) is 5.24. The van der Waals surface area contributed by atoms with Gasteiger partial charge in [0.25, 0.3) is 10.0 Å². The molecule has 1 aliphatic heterocycles. The molecular formula is C21H24ClN3O2S2. The monoisotopic (exact) mass is 449 g/mol. The van der Waals surface area contributed by atoms with E-state index in [1.54, 1.807) is 6.07 Å². The number of fused-ring (bicyclic) bond motifs is 2. The first kappa shape index (κ1) is 20.5. The summed E-state index contributed by atoms with van der Waals surface area (Å²) in [5.74, 6) is 0. The minimum atomic E-state index is -3.68. The van der Waals surface area contributed by atoms with E-state index in [0.29, 0.717) is 14.9 Å². The first-order valence-electron chi connectivity index (χ1n) is 9.49. The molecule has 0 unspecified atom stereocenters. The number of anilines is 2. The number of hydrogen-bond donors (Lipinski definition) is 1. The molecule has 154 valence electrons. The number of halogens is 1. The van der Waals surface area contributed by atoms with E-state index in [1.807, 2.05) is 37.3 Å². The van der Waals surface area contributed by atoms with Crippen molar-refractivity contribution in [3.63, 3.8) is 0 Å². The van der Waals surface area contributed by atoms with Crippen molar-refractivity contribution in [3.05, 3.63) is 52.5 Å². The first-order chi connectivity index (χ1) is 13.7. The molecule has 0 fully saturated rings. The number of sulfonamides is 1. The lowest BCUT2D eigenvalue weighted by Gasteiger charge is -2.22. The van der Waals surface area contributed by atoms with Crippen LogP contribution in [0.3, 0.4) is 0 Å². The Bertz CT molecular complexity index is 1170. The van der Waals surface area contributed by atoms with Gasteiger partial charge in [-0.15, -0.1) is 11.3 Å². The van der Waals surface area contributed by atoms with Crippen LogP contribution in [-0.4, -0.2) is 47.0 Å². The molecule has 3 aromatic rings. The van der Waals surface area contributed by atoms with Crippen LogP contribution in [0.4, 0.5) is 11.4 Å². The lowest BCUT2D eigenvalue weighted by molar-refractivity contribution is 0.414. The van der Waals surface area contributed by atoms with Gasteiger partial charge in [-0.1, -0.05) is 17.7 Å². The van der Waals surface area contributed by atoms with Gasteiger partial charge in [-0.3, -0.25) is 4.72 Å². The molecule has 2 heterocycles. The number of likely N-dealkylation sites (N-methyl/N-ethyl adjacent to an activating group) is 1. The standard InChI is InChI=1S/C21H24ClN3O2S2/c1-14-18-12-16(22)5-7-20(18)28-21(14)29(26,27)23-17-6-4-15-8-9-25(19(15)13-17)11-10-24(2)3/h4-7,12-13,23H,8-11H2,1-3H3. The Morgan fingerprint density at radius 1 is 1.21 bits per heavy atom. The highest BCUT2D eigenvalue weighted by atomic mass is 35.5. The van der Waals surface area contributed by atoms with E-state index in [0.717, 1.165) is 47.4 Å². The number of benzene rings is 2. The van der Waals surface area contributed by atoms with Gasteiger partial charge in [-0.25, -0.2) is 8.42 Å². The molecule has 0 amide bonds. The Morgan fingerprint density at radius 2 is 2.00 bits per heavy atom. The average molecular weight is 450 g/mol. The largest absolute Gasteiger partial charge is 0.370 e. The molecule has 0 atom stereocenters. The fourth-order valence-corrected chi connectivity index (χ4v) is 6.66. The highest BCUT2D eigenvalue weighted by Gasteiger charge is 2.24. The fraction of sp³-hybridized carbons (Fsp3) is 0.333. The maximum atomic E-state index is 13.1. The number of nitrogens with zero attached hydrogens (tertiary/aromatic N) is 2. The maximum absolute atomic E-state index is 13.1. The molecule has 0 saturated heterocycles. The van der Waals surface area contributed by atoms with E-state index in [9.17, 15) is 8.42 Å². The maximum Gasteiger partial charge on any atom is 0.271 e. The van der Waals surface area contributed by atoms with Crippen molar-refractivity contribution in [3.8, 4) is 0 Å². The van der Waals surface area contributed by atoms with Crippen molar-refractivity contribution in [1.82, 2.24) is 4.90 Å². The minimum absolute atomic E-state index is 0.333. The van der Waals surface area contributed by atoms with Gasteiger partial charge >= 0.3 is 0 Å². The molecule has 0 bridgehead atoms. The van der Waals surface area contributed by atoms with Crippen LogP contribution < -0.4 is 9.62 Å². The molecule has 1 aromatic heterocycles. The average Bonchev–Trinajstić information content (AvgIpc) is 3.21. The quantitative estimate of drug-likeness (QED) is 0.598. The van der Waals surface area contributed by atoms with Crippen molar-refractivity contribution in [2.75, 3.05) is 43.4 Å². The van der Waals surface area contributed by atoms with E-state index < -0.39 is 10.0 Å². The summed E-state index contributed by atoms with van der Waals surface area (Å²) in [5, 5.41) is 1.48. The molecule has 0 spiro atoms. The molecule has 5 nitrogen and oxygen atoms in total. The van der Waals surface area contributed by atoms with Crippen molar-refractivity contribution in [2.24, 2.45) is 0 Å². The highest BCUT2D eigenvalue weighted by molar-refractivity contribution is 7.94. The van der Waals surface area contributed by atoms with Crippen LogP contribution in [0.15, 0.2) is 40.6 Å². The van der Waals surface area contributed by atoms with Crippen LogP contribution in [-0.2, 0) is 16.4 Å². The Balaban J connectivity index is 1.63. The summed E-state index contributed by atoms with van der Waals surface area (Å²) in [5.41, 5.74) is 3.70. The molecule has 0 saturated carbocycles. The zero-order valence-corrected chi connectivity index (χ0v) is 19.1. The molecule has 4 rings (SSSR count). The zero-order chi connectivity index (χ0) is 20.8. The van der Waals surface area contributed by atoms with Crippen molar-refractivity contribution in [2.45, 2.75) is 17.6 Å². The highest BCUT2D eigenvalue weighted by Crippen LogP contribution is 2.37. The summed E-state index contributed by atoms with van der Waals surface area (Å²) in [6.07, 6.45) is 0.992. The van der Waals surface area contributed by atoms with Gasteiger partial charge in [0.1, 0.15) is 4.21 Å². The van der Waals surface area contributed by atoms with Gasteiger partial charge in [-0.05, 0) is 74.3 Å². The Morgan fingerprint density at radius 3 is 2.76 bits per heavy atom.